The second kappa shape index (κ2) is 3.77. The first-order valence-electron chi connectivity index (χ1n) is 4.86. The minimum atomic E-state index is -0.771. The number of rotatable bonds is 3. The number of aliphatic carboxylic acids is 1. The molecule has 0 aliphatic heterocycles. The Morgan fingerprint density at radius 1 is 1.47 bits per heavy atom. The van der Waals surface area contributed by atoms with Gasteiger partial charge in [0, 0.05) is 11.8 Å². The van der Waals surface area contributed by atoms with E-state index in [1.165, 1.54) is 0 Å². The van der Waals surface area contributed by atoms with E-state index in [2.05, 4.69) is 0 Å². The number of carboxylic acid groups (broad SMARTS) is 1. The van der Waals surface area contributed by atoms with Crippen molar-refractivity contribution in [3.8, 4) is 0 Å². The van der Waals surface area contributed by atoms with Gasteiger partial charge in [0.15, 0.2) is 0 Å². The van der Waals surface area contributed by atoms with Gasteiger partial charge in [-0.2, -0.15) is 0 Å². The summed E-state index contributed by atoms with van der Waals surface area (Å²) in [5.41, 5.74) is 1.86. The molecule has 1 N–H and O–H groups in total. The lowest BCUT2D eigenvalue weighted by atomic mass is 10.1. The minimum absolute atomic E-state index is 0.156. The van der Waals surface area contributed by atoms with Crippen LogP contribution in [0, 0.1) is 6.92 Å². The van der Waals surface area contributed by atoms with E-state index in [1.54, 1.807) is 0 Å². The van der Waals surface area contributed by atoms with Gasteiger partial charge in [-0.1, -0.05) is 12.1 Å². The van der Waals surface area contributed by atoms with Crippen LogP contribution in [0.3, 0.4) is 0 Å². The van der Waals surface area contributed by atoms with Gasteiger partial charge in [-0.15, -0.1) is 0 Å². The van der Waals surface area contributed by atoms with Crippen molar-refractivity contribution in [1.29, 1.82) is 0 Å². The van der Waals surface area contributed by atoms with Gasteiger partial charge in [0.2, 0.25) is 0 Å². The lowest BCUT2D eigenvalue weighted by molar-refractivity contribution is -0.136. The van der Waals surface area contributed by atoms with E-state index in [-0.39, 0.29) is 6.42 Å². The Hall–Kier alpha value is -1.77. The fraction of sp³-hybridized carbons (Fsp3) is 0.250. The monoisotopic (exact) mass is 204 g/mol. The predicted octanol–water partition coefficient (Wildman–Crippen LogP) is 2.76. The molecule has 0 atom stereocenters. The lowest BCUT2D eigenvalue weighted by Crippen LogP contribution is -1.97. The standard InChI is InChI=1S/C12H12O3/c1-8-7-10-9(5-6-12(13)14)3-2-4-11(10)15-8/h2-4,7H,5-6H2,1H3,(H,13,14). The molecule has 78 valence electrons. The molecule has 0 amide bonds. The van der Waals surface area contributed by atoms with Crippen molar-refractivity contribution in [2.24, 2.45) is 0 Å². The molecule has 3 heteroatoms. The highest BCUT2D eigenvalue weighted by atomic mass is 16.4. The molecule has 0 unspecified atom stereocenters. The van der Waals surface area contributed by atoms with E-state index in [0.717, 1.165) is 22.3 Å². The van der Waals surface area contributed by atoms with Crippen LogP contribution in [0.4, 0.5) is 0 Å². The minimum Gasteiger partial charge on any atom is -0.481 e. The highest BCUT2D eigenvalue weighted by Crippen LogP contribution is 2.23. The van der Waals surface area contributed by atoms with Crippen molar-refractivity contribution < 1.29 is 14.3 Å². The third-order valence-corrected chi connectivity index (χ3v) is 2.38. The molecule has 15 heavy (non-hydrogen) atoms. The zero-order valence-corrected chi connectivity index (χ0v) is 8.49. The van der Waals surface area contributed by atoms with Crippen LogP contribution in [0.5, 0.6) is 0 Å². The number of aryl methyl sites for hydroxylation is 2. The second-order valence-corrected chi connectivity index (χ2v) is 3.58. The summed E-state index contributed by atoms with van der Waals surface area (Å²) >= 11 is 0. The zero-order chi connectivity index (χ0) is 10.8. The topological polar surface area (TPSA) is 50.4 Å². The van der Waals surface area contributed by atoms with Crippen molar-refractivity contribution in [3.05, 3.63) is 35.6 Å². The first kappa shape index (κ1) is 9.77. The normalized spacial score (nSPS) is 10.7. The average Bonchev–Trinajstić information content (AvgIpc) is 2.55. The maximum Gasteiger partial charge on any atom is 0.303 e. The summed E-state index contributed by atoms with van der Waals surface area (Å²) in [4.78, 5) is 10.5. The van der Waals surface area contributed by atoms with Crippen molar-refractivity contribution in [3.63, 3.8) is 0 Å². The molecule has 1 aromatic carbocycles. The average molecular weight is 204 g/mol. The van der Waals surface area contributed by atoms with Gasteiger partial charge in [-0.3, -0.25) is 4.79 Å². The Morgan fingerprint density at radius 2 is 2.27 bits per heavy atom. The quantitative estimate of drug-likeness (QED) is 0.836. The predicted molar refractivity (Wildman–Crippen MR) is 56.9 cm³/mol. The Balaban J connectivity index is 2.37. The smallest absolute Gasteiger partial charge is 0.303 e. The molecule has 0 aliphatic rings. The maximum absolute atomic E-state index is 10.5. The molecule has 1 aromatic heterocycles. The van der Waals surface area contributed by atoms with Crippen molar-refractivity contribution in [2.45, 2.75) is 19.8 Å². The van der Waals surface area contributed by atoms with Crippen LogP contribution in [-0.4, -0.2) is 11.1 Å². The molecule has 0 aliphatic carbocycles. The zero-order valence-electron chi connectivity index (χ0n) is 8.49. The van der Waals surface area contributed by atoms with Crippen molar-refractivity contribution in [1.82, 2.24) is 0 Å². The number of furan rings is 1. The summed E-state index contributed by atoms with van der Waals surface area (Å²) < 4.78 is 5.47. The lowest BCUT2D eigenvalue weighted by Gasteiger charge is -1.99. The summed E-state index contributed by atoms with van der Waals surface area (Å²) in [5, 5.41) is 9.65. The van der Waals surface area contributed by atoms with E-state index >= 15 is 0 Å². The molecule has 0 saturated carbocycles. The second-order valence-electron chi connectivity index (χ2n) is 3.58. The summed E-state index contributed by atoms with van der Waals surface area (Å²) in [6.45, 7) is 1.89. The van der Waals surface area contributed by atoms with E-state index in [0.29, 0.717) is 6.42 Å². The maximum atomic E-state index is 10.5. The summed E-state index contributed by atoms with van der Waals surface area (Å²) in [6, 6.07) is 7.68. The van der Waals surface area contributed by atoms with Gasteiger partial charge in [-0.25, -0.2) is 0 Å². The van der Waals surface area contributed by atoms with Crippen molar-refractivity contribution >= 4 is 16.9 Å². The Kier molecular flexibility index (Phi) is 2.46. The van der Waals surface area contributed by atoms with Crippen LogP contribution in [0.25, 0.3) is 11.0 Å². The Labute approximate surface area is 87.3 Å². The number of carbonyl (C=O) groups is 1. The highest BCUT2D eigenvalue weighted by Gasteiger charge is 2.06. The molecule has 0 saturated heterocycles. The highest BCUT2D eigenvalue weighted by molar-refractivity contribution is 5.82. The number of hydrogen-bond acceptors (Lipinski definition) is 2. The van der Waals surface area contributed by atoms with E-state index in [9.17, 15) is 4.79 Å². The third kappa shape index (κ3) is 2.01. The van der Waals surface area contributed by atoms with Gasteiger partial charge in [0.05, 0.1) is 0 Å². The van der Waals surface area contributed by atoms with E-state index in [1.807, 2.05) is 31.2 Å². The van der Waals surface area contributed by atoms with Gasteiger partial charge >= 0.3 is 5.97 Å². The summed E-state index contributed by atoms with van der Waals surface area (Å²) in [7, 11) is 0. The molecule has 3 nitrogen and oxygen atoms in total. The van der Waals surface area contributed by atoms with Crippen LogP contribution >= 0.6 is 0 Å². The molecular weight excluding hydrogens is 192 g/mol. The van der Waals surface area contributed by atoms with E-state index in [4.69, 9.17) is 9.52 Å². The largest absolute Gasteiger partial charge is 0.481 e. The van der Waals surface area contributed by atoms with Crippen molar-refractivity contribution in [2.75, 3.05) is 0 Å². The van der Waals surface area contributed by atoms with Crippen LogP contribution < -0.4 is 0 Å². The Morgan fingerprint density at radius 3 is 3.00 bits per heavy atom. The summed E-state index contributed by atoms with van der Waals surface area (Å²) in [6.07, 6.45) is 0.703. The number of fused-ring (bicyclic) bond motifs is 1. The Bertz CT molecular complexity index is 497. The first-order valence-corrected chi connectivity index (χ1v) is 4.86. The number of carboxylic acids is 1. The molecule has 0 fully saturated rings. The number of hydrogen-bond donors (Lipinski definition) is 1. The van der Waals surface area contributed by atoms with Crippen LogP contribution in [0.15, 0.2) is 28.7 Å². The van der Waals surface area contributed by atoms with Gasteiger partial charge in [0.1, 0.15) is 11.3 Å². The van der Waals surface area contributed by atoms with Crippen LogP contribution in [-0.2, 0) is 11.2 Å². The molecule has 0 bridgehead atoms. The molecular formula is C12H12O3. The third-order valence-electron chi connectivity index (χ3n) is 2.38. The molecule has 1 heterocycles. The summed E-state index contributed by atoms with van der Waals surface area (Å²) in [5.74, 6) is 0.0833. The molecule has 0 spiro atoms. The molecule has 0 radical (unpaired) electrons. The SMILES string of the molecule is Cc1cc2c(CCC(=O)O)cccc2o1. The fourth-order valence-electron chi connectivity index (χ4n) is 1.71. The number of benzene rings is 1. The first-order chi connectivity index (χ1) is 7.16. The van der Waals surface area contributed by atoms with Gasteiger partial charge in [-0.05, 0) is 31.0 Å². The van der Waals surface area contributed by atoms with Gasteiger partial charge < -0.3 is 9.52 Å². The van der Waals surface area contributed by atoms with E-state index < -0.39 is 5.97 Å². The van der Waals surface area contributed by atoms with Crippen LogP contribution in [0.2, 0.25) is 0 Å². The fourth-order valence-corrected chi connectivity index (χ4v) is 1.71. The molecule has 2 rings (SSSR count). The van der Waals surface area contributed by atoms with Crippen LogP contribution in [0.1, 0.15) is 17.7 Å². The van der Waals surface area contributed by atoms with Gasteiger partial charge in [0.25, 0.3) is 0 Å². The molecule has 2 aromatic rings.